The molecule has 0 atom stereocenters. The average molecular weight is 677 g/mol. The molecule has 0 spiro atoms. The monoisotopic (exact) mass is 676 g/mol. The molecule has 5 rings (SSSR count). The van der Waals surface area contributed by atoms with Gasteiger partial charge in [0, 0.05) is 71.8 Å². The Hall–Kier alpha value is -4.69. The Kier molecular flexibility index (Phi) is 13.4. The third kappa shape index (κ3) is 10.4. The molecule has 8 heteroatoms. The number of unbranched alkanes of at least 4 members (excludes halogenated alkanes) is 1. The Balaban J connectivity index is 0.998. The molecular formula is C42H54N5O3+. The second-order valence-electron chi connectivity index (χ2n) is 13.6. The normalized spacial score (nSPS) is 13.8. The van der Waals surface area contributed by atoms with Crippen molar-refractivity contribution in [3.63, 3.8) is 0 Å². The molecule has 1 fully saturated rings. The van der Waals surface area contributed by atoms with E-state index in [0.29, 0.717) is 31.1 Å². The van der Waals surface area contributed by atoms with Gasteiger partial charge in [-0.05, 0) is 79.7 Å². The van der Waals surface area contributed by atoms with E-state index in [1.807, 2.05) is 20.2 Å². The van der Waals surface area contributed by atoms with Crippen LogP contribution in [0.2, 0.25) is 0 Å². The maximum absolute atomic E-state index is 12.3. The van der Waals surface area contributed by atoms with Crippen molar-refractivity contribution in [2.24, 2.45) is 0 Å². The molecule has 1 aliphatic heterocycles. The number of pyridine rings is 1. The fourth-order valence-electron chi connectivity index (χ4n) is 6.55. The summed E-state index contributed by atoms with van der Waals surface area (Å²) < 4.78 is 8.32. The number of aromatic nitrogens is 1. The van der Waals surface area contributed by atoms with E-state index in [4.69, 9.17) is 4.74 Å². The number of allylic oxidation sites excluding steroid dienone is 2. The Morgan fingerprint density at radius 1 is 0.780 bits per heavy atom. The number of nitrogens with one attached hydrogen (secondary N) is 2. The van der Waals surface area contributed by atoms with Crippen molar-refractivity contribution in [3.05, 3.63) is 121 Å². The van der Waals surface area contributed by atoms with Crippen molar-refractivity contribution in [3.8, 4) is 5.75 Å². The van der Waals surface area contributed by atoms with Crippen LogP contribution in [0.25, 0.3) is 12.2 Å². The van der Waals surface area contributed by atoms with Gasteiger partial charge in [-0.1, -0.05) is 55.0 Å². The summed E-state index contributed by atoms with van der Waals surface area (Å²) >= 11 is 0. The molecule has 3 aromatic carbocycles. The smallest absolute Gasteiger partial charge is 0.253 e. The van der Waals surface area contributed by atoms with Crippen LogP contribution >= 0.6 is 0 Å². The third-order valence-corrected chi connectivity index (χ3v) is 9.37. The van der Waals surface area contributed by atoms with E-state index in [2.05, 4.69) is 118 Å². The van der Waals surface area contributed by atoms with Gasteiger partial charge in [0.05, 0.1) is 6.61 Å². The Bertz CT molecular complexity index is 1790. The first-order chi connectivity index (χ1) is 24.3. The maximum atomic E-state index is 12.3. The van der Waals surface area contributed by atoms with Crippen LogP contribution in [0.5, 0.6) is 5.75 Å². The summed E-state index contributed by atoms with van der Waals surface area (Å²) in [5.74, 6) is 0.873. The zero-order chi connectivity index (χ0) is 35.3. The van der Waals surface area contributed by atoms with Crippen LogP contribution in [-0.2, 0) is 13.1 Å². The molecule has 4 aromatic rings. The van der Waals surface area contributed by atoms with Crippen molar-refractivity contribution in [1.82, 2.24) is 4.90 Å². The summed E-state index contributed by atoms with van der Waals surface area (Å²) in [5.41, 5.74) is 7.18. The van der Waals surface area contributed by atoms with Crippen molar-refractivity contribution < 1.29 is 9.30 Å². The average Bonchev–Trinajstić information content (AvgIpc) is 3.11. The summed E-state index contributed by atoms with van der Waals surface area (Å²) in [7, 11) is 4.09. The summed E-state index contributed by atoms with van der Waals surface area (Å²) in [6, 6.07) is 21.2. The minimum atomic E-state index is -0.441. The van der Waals surface area contributed by atoms with Crippen LogP contribution in [-0.4, -0.2) is 51.8 Å². The Labute approximate surface area is 297 Å². The van der Waals surface area contributed by atoms with E-state index in [1.165, 1.54) is 66.1 Å². The number of ether oxygens (including phenoxy) is 1. The van der Waals surface area contributed by atoms with Gasteiger partial charge in [0.15, 0.2) is 11.4 Å². The van der Waals surface area contributed by atoms with E-state index in [-0.39, 0.29) is 0 Å². The predicted octanol–water partition coefficient (Wildman–Crippen LogP) is 6.74. The Morgan fingerprint density at radius 3 is 2.08 bits per heavy atom. The second-order valence-corrected chi connectivity index (χ2v) is 13.6. The van der Waals surface area contributed by atoms with Crippen LogP contribution in [0.4, 0.5) is 17.1 Å². The van der Waals surface area contributed by atoms with Gasteiger partial charge in [0.25, 0.3) is 10.9 Å². The van der Waals surface area contributed by atoms with E-state index in [9.17, 15) is 9.59 Å². The number of rotatable bonds is 18. The van der Waals surface area contributed by atoms with E-state index >= 15 is 0 Å². The van der Waals surface area contributed by atoms with E-state index in [0.717, 1.165) is 38.1 Å². The molecule has 2 N–H and O–H groups in total. The summed E-state index contributed by atoms with van der Waals surface area (Å²) in [4.78, 5) is 29.1. The van der Waals surface area contributed by atoms with Gasteiger partial charge in [-0.2, -0.15) is 0 Å². The number of nitrogens with zero attached hydrogens (tertiary/aromatic N) is 3. The minimum absolute atomic E-state index is 0.403. The fraction of sp³-hybridized carbons (Fsp3) is 0.405. The molecule has 264 valence electrons. The first-order valence-corrected chi connectivity index (χ1v) is 18.2. The number of hydrogen-bond acceptors (Lipinski definition) is 7. The van der Waals surface area contributed by atoms with Crippen molar-refractivity contribution in [2.45, 2.75) is 65.5 Å². The quantitative estimate of drug-likeness (QED) is 0.0524. The molecule has 1 aliphatic rings. The van der Waals surface area contributed by atoms with Gasteiger partial charge in [-0.15, -0.1) is 0 Å². The fourth-order valence-corrected chi connectivity index (χ4v) is 6.55. The highest BCUT2D eigenvalue weighted by Gasteiger charge is 2.20. The van der Waals surface area contributed by atoms with E-state index in [1.54, 1.807) is 0 Å². The second kappa shape index (κ2) is 18.3. The predicted molar refractivity (Wildman–Crippen MR) is 208 cm³/mol. The summed E-state index contributed by atoms with van der Waals surface area (Å²) in [5, 5.41) is 6.38. The van der Waals surface area contributed by atoms with Crippen LogP contribution in [0, 0.1) is 13.8 Å². The zero-order valence-electron chi connectivity index (χ0n) is 30.3. The molecule has 50 heavy (non-hydrogen) atoms. The van der Waals surface area contributed by atoms with Crippen LogP contribution in [0.3, 0.4) is 0 Å². The molecule has 0 unspecified atom stereocenters. The van der Waals surface area contributed by atoms with E-state index < -0.39 is 10.9 Å². The van der Waals surface area contributed by atoms with Gasteiger partial charge in [0.2, 0.25) is 0 Å². The lowest BCUT2D eigenvalue weighted by Gasteiger charge is -2.26. The molecule has 1 saturated heterocycles. The summed E-state index contributed by atoms with van der Waals surface area (Å²) in [6.45, 7) is 10.2. The molecule has 1 aromatic heterocycles. The molecule has 2 heterocycles. The topological polar surface area (TPSA) is 77.8 Å². The van der Waals surface area contributed by atoms with Gasteiger partial charge in [-0.25, -0.2) is 4.57 Å². The lowest BCUT2D eigenvalue weighted by molar-refractivity contribution is -0.708. The van der Waals surface area contributed by atoms with Gasteiger partial charge in [-0.3, -0.25) is 14.5 Å². The number of benzene rings is 2. The van der Waals surface area contributed by atoms with Crippen molar-refractivity contribution in [2.75, 3.05) is 62.4 Å². The van der Waals surface area contributed by atoms with Gasteiger partial charge in [0.1, 0.15) is 23.7 Å². The molecule has 8 nitrogen and oxygen atoms in total. The first kappa shape index (κ1) is 36.6. The number of hydrogen-bond donors (Lipinski definition) is 2. The molecule has 0 aliphatic carbocycles. The lowest BCUT2D eigenvalue weighted by Crippen LogP contribution is -2.40. The van der Waals surface area contributed by atoms with Crippen LogP contribution < -0.4 is 35.7 Å². The highest BCUT2D eigenvalue weighted by atomic mass is 16.5. The van der Waals surface area contributed by atoms with Crippen molar-refractivity contribution >= 4 is 29.2 Å². The Morgan fingerprint density at radius 2 is 1.42 bits per heavy atom. The number of likely N-dealkylation sites (tertiary alicyclic amines) is 1. The highest BCUT2D eigenvalue weighted by molar-refractivity contribution is 5.73. The molecule has 0 radical (unpaired) electrons. The lowest BCUT2D eigenvalue weighted by atomic mass is 10.1. The number of anilines is 3. The zero-order valence-corrected chi connectivity index (χ0v) is 30.3. The van der Waals surface area contributed by atoms with Crippen LogP contribution in [0.15, 0.2) is 82.4 Å². The first-order valence-electron chi connectivity index (χ1n) is 18.2. The molecule has 0 bridgehead atoms. The van der Waals surface area contributed by atoms with Gasteiger partial charge < -0.3 is 20.3 Å². The highest BCUT2D eigenvalue weighted by Crippen LogP contribution is 2.19. The van der Waals surface area contributed by atoms with Crippen LogP contribution in [0.1, 0.15) is 66.6 Å². The van der Waals surface area contributed by atoms with Gasteiger partial charge >= 0.3 is 0 Å². The van der Waals surface area contributed by atoms with Crippen molar-refractivity contribution in [1.29, 1.82) is 0 Å². The molecule has 0 amide bonds. The number of aryl methyl sites for hydroxylation is 2. The standard InChI is InChI=1S/C42H53N5O3/c1-32-28-35(15-7-6-14-34-18-20-37(21-19-34)45(3)4)29-33(2)47(32)26-11-8-22-43-39-40(42(49)41(39)48)44-23-13-27-50-38-17-12-16-36(30-38)31-46-24-9-5-10-25-46/h6-7,12,14-21,28-30H,5,8-11,13,22-27,31H2,1-4H3,(H-,43,44,48,49)/p+1. The largest absolute Gasteiger partial charge is 0.494 e. The molecular weight excluding hydrogens is 622 g/mol. The maximum Gasteiger partial charge on any atom is 0.253 e. The minimum Gasteiger partial charge on any atom is -0.494 e. The summed E-state index contributed by atoms with van der Waals surface area (Å²) in [6.07, 6.45) is 14.9. The third-order valence-electron chi connectivity index (χ3n) is 9.37. The molecule has 0 saturated carbocycles. The SMILES string of the molecule is Cc1cc(/C=C/C=C/c2ccc(N(C)C)cc2)cc(C)[n+]1CCCCNc1c(NCCCOc2cccc(CN3CCCCC3)c2)c(=O)c1=O. The number of piperidine rings is 1.